The molecule has 0 radical (unpaired) electrons. The number of nitrogens with one attached hydrogen (secondary N) is 1. The molecule has 6 nitrogen and oxygen atoms in total. The van der Waals surface area contributed by atoms with Gasteiger partial charge in [-0.05, 0) is 42.5 Å². The van der Waals surface area contributed by atoms with E-state index in [4.69, 9.17) is 16.3 Å². The Morgan fingerprint density at radius 1 is 0.962 bits per heavy atom. The smallest absolute Gasteiger partial charge is 0.311 e. The van der Waals surface area contributed by atoms with E-state index in [9.17, 15) is 14.9 Å². The Labute approximate surface area is 154 Å². The molecule has 0 fully saturated rings. The van der Waals surface area contributed by atoms with Gasteiger partial charge in [-0.25, -0.2) is 0 Å². The molecule has 3 aromatic rings. The lowest BCUT2D eigenvalue weighted by molar-refractivity contribution is -0.385. The van der Waals surface area contributed by atoms with Crippen LogP contribution in [-0.2, 0) is 0 Å². The summed E-state index contributed by atoms with van der Waals surface area (Å²) in [5, 5.41) is 14.1. The van der Waals surface area contributed by atoms with Gasteiger partial charge in [-0.1, -0.05) is 35.9 Å². The lowest BCUT2D eigenvalue weighted by Crippen LogP contribution is -2.12. The second-order valence-corrected chi connectivity index (χ2v) is 5.69. The van der Waals surface area contributed by atoms with E-state index in [0.717, 1.165) is 0 Å². The van der Waals surface area contributed by atoms with Gasteiger partial charge in [0.1, 0.15) is 5.75 Å². The van der Waals surface area contributed by atoms with Crippen molar-refractivity contribution in [1.82, 2.24) is 0 Å². The summed E-state index contributed by atoms with van der Waals surface area (Å²) in [5.74, 6) is 0.225. The van der Waals surface area contributed by atoms with Crippen molar-refractivity contribution in [2.75, 3.05) is 5.32 Å². The summed E-state index contributed by atoms with van der Waals surface area (Å²) in [7, 11) is 0. The molecule has 0 bridgehead atoms. The third kappa shape index (κ3) is 3.99. The summed E-state index contributed by atoms with van der Waals surface area (Å²) in [6, 6.07) is 19.3. The fourth-order valence-corrected chi connectivity index (χ4v) is 2.49. The van der Waals surface area contributed by atoms with Gasteiger partial charge in [0.2, 0.25) is 5.75 Å². The van der Waals surface area contributed by atoms with Crippen molar-refractivity contribution in [3.63, 3.8) is 0 Å². The van der Waals surface area contributed by atoms with Crippen LogP contribution >= 0.6 is 11.6 Å². The molecule has 0 heterocycles. The molecule has 0 aliphatic rings. The van der Waals surface area contributed by atoms with E-state index in [-0.39, 0.29) is 17.3 Å². The number of para-hydroxylation sites is 2. The summed E-state index contributed by atoms with van der Waals surface area (Å²) in [5.41, 5.74) is 0.794. The SMILES string of the molecule is O=C(Nc1ccc(Oc2ccccc2[N+](=O)[O-])cc1)c1ccccc1Cl. The molecule has 0 atom stereocenters. The molecule has 0 aromatic heterocycles. The summed E-state index contributed by atoms with van der Waals surface area (Å²) in [6.07, 6.45) is 0. The second kappa shape index (κ2) is 7.67. The number of hydrogen-bond donors (Lipinski definition) is 1. The number of hydrogen-bond acceptors (Lipinski definition) is 4. The van der Waals surface area contributed by atoms with Crippen molar-refractivity contribution in [3.05, 3.63) is 93.5 Å². The van der Waals surface area contributed by atoms with Gasteiger partial charge in [-0.2, -0.15) is 0 Å². The van der Waals surface area contributed by atoms with Gasteiger partial charge in [0.15, 0.2) is 0 Å². The fraction of sp³-hybridized carbons (Fsp3) is 0. The molecule has 26 heavy (non-hydrogen) atoms. The predicted octanol–water partition coefficient (Wildman–Crippen LogP) is 5.29. The molecule has 0 spiro atoms. The molecule has 130 valence electrons. The minimum atomic E-state index is -0.506. The quantitative estimate of drug-likeness (QED) is 0.489. The number of nitro benzene ring substituents is 1. The van der Waals surface area contributed by atoms with Gasteiger partial charge in [0.05, 0.1) is 15.5 Å². The van der Waals surface area contributed by atoms with Crippen LogP contribution < -0.4 is 10.1 Å². The number of carbonyl (C=O) groups is 1. The van der Waals surface area contributed by atoms with Crippen molar-refractivity contribution in [2.45, 2.75) is 0 Å². The third-order valence-corrected chi connectivity index (χ3v) is 3.85. The normalized spacial score (nSPS) is 10.2. The number of halogens is 1. The summed E-state index contributed by atoms with van der Waals surface area (Å²) in [6.45, 7) is 0. The molecule has 0 saturated carbocycles. The molecule has 0 saturated heterocycles. The van der Waals surface area contributed by atoms with Gasteiger partial charge >= 0.3 is 5.69 Å². The van der Waals surface area contributed by atoms with E-state index >= 15 is 0 Å². The number of ether oxygens (including phenoxy) is 1. The zero-order valence-electron chi connectivity index (χ0n) is 13.4. The molecule has 0 aliphatic carbocycles. The van der Waals surface area contributed by atoms with Crippen molar-refractivity contribution in [2.24, 2.45) is 0 Å². The van der Waals surface area contributed by atoms with E-state index in [1.54, 1.807) is 60.7 Å². The van der Waals surface area contributed by atoms with Gasteiger partial charge < -0.3 is 10.1 Å². The number of nitrogens with zero attached hydrogens (tertiary/aromatic N) is 1. The van der Waals surface area contributed by atoms with Crippen LogP contribution in [0.25, 0.3) is 0 Å². The van der Waals surface area contributed by atoms with Crippen LogP contribution in [0.3, 0.4) is 0 Å². The Hall–Kier alpha value is -3.38. The van der Waals surface area contributed by atoms with E-state index in [1.807, 2.05) is 0 Å². The molecular formula is C19H13ClN2O4. The number of anilines is 1. The summed E-state index contributed by atoms with van der Waals surface area (Å²) in [4.78, 5) is 22.7. The van der Waals surface area contributed by atoms with Crippen LogP contribution in [0, 0.1) is 10.1 Å². The maximum Gasteiger partial charge on any atom is 0.311 e. The summed E-state index contributed by atoms with van der Waals surface area (Å²) < 4.78 is 5.56. The fourth-order valence-electron chi connectivity index (χ4n) is 2.27. The van der Waals surface area contributed by atoms with E-state index < -0.39 is 4.92 Å². The lowest BCUT2D eigenvalue weighted by Gasteiger charge is -2.09. The first-order valence-corrected chi connectivity index (χ1v) is 7.99. The number of rotatable bonds is 5. The average molecular weight is 369 g/mol. The number of benzene rings is 3. The van der Waals surface area contributed by atoms with Crippen molar-refractivity contribution >= 4 is 28.9 Å². The van der Waals surface area contributed by atoms with Crippen molar-refractivity contribution < 1.29 is 14.5 Å². The van der Waals surface area contributed by atoms with Crippen LogP contribution in [0.4, 0.5) is 11.4 Å². The largest absolute Gasteiger partial charge is 0.450 e. The van der Waals surface area contributed by atoms with E-state index in [1.165, 1.54) is 12.1 Å². The second-order valence-electron chi connectivity index (χ2n) is 5.29. The minimum Gasteiger partial charge on any atom is -0.450 e. The van der Waals surface area contributed by atoms with Crippen molar-refractivity contribution in [3.8, 4) is 11.5 Å². The van der Waals surface area contributed by atoms with Gasteiger partial charge in [0.25, 0.3) is 5.91 Å². The predicted molar refractivity (Wildman–Crippen MR) is 99.0 cm³/mol. The highest BCUT2D eigenvalue weighted by molar-refractivity contribution is 6.34. The molecule has 0 unspecified atom stereocenters. The highest BCUT2D eigenvalue weighted by atomic mass is 35.5. The molecule has 3 rings (SSSR count). The van der Waals surface area contributed by atoms with Crippen LogP contribution in [0.5, 0.6) is 11.5 Å². The Morgan fingerprint density at radius 3 is 2.31 bits per heavy atom. The highest BCUT2D eigenvalue weighted by Gasteiger charge is 2.14. The summed E-state index contributed by atoms with van der Waals surface area (Å²) >= 11 is 6.01. The first-order valence-electron chi connectivity index (χ1n) is 7.62. The Morgan fingerprint density at radius 2 is 1.62 bits per heavy atom. The number of amides is 1. The topological polar surface area (TPSA) is 81.5 Å². The standard InChI is InChI=1S/C19H13ClN2O4/c20-16-6-2-1-5-15(16)19(23)21-13-9-11-14(12-10-13)26-18-8-4-3-7-17(18)22(24)25/h1-12H,(H,21,23). The van der Waals surface area contributed by atoms with Gasteiger partial charge in [-0.3, -0.25) is 14.9 Å². The zero-order chi connectivity index (χ0) is 18.5. The van der Waals surface area contributed by atoms with Crippen molar-refractivity contribution in [1.29, 1.82) is 0 Å². The van der Waals surface area contributed by atoms with Gasteiger partial charge in [0, 0.05) is 11.8 Å². The third-order valence-electron chi connectivity index (χ3n) is 3.52. The van der Waals surface area contributed by atoms with Crippen LogP contribution in [-0.4, -0.2) is 10.8 Å². The molecule has 1 amide bonds. The maximum atomic E-state index is 12.2. The van der Waals surface area contributed by atoms with Crippen LogP contribution in [0.1, 0.15) is 10.4 Å². The molecule has 3 aromatic carbocycles. The molecule has 7 heteroatoms. The Bertz CT molecular complexity index is 958. The van der Waals surface area contributed by atoms with Gasteiger partial charge in [-0.15, -0.1) is 0 Å². The molecule has 0 aliphatic heterocycles. The minimum absolute atomic E-state index is 0.122. The first-order chi connectivity index (χ1) is 12.5. The number of carbonyl (C=O) groups excluding carboxylic acids is 1. The average Bonchev–Trinajstić information content (AvgIpc) is 2.64. The van der Waals surface area contributed by atoms with E-state index in [2.05, 4.69) is 5.32 Å². The Balaban J connectivity index is 1.72. The highest BCUT2D eigenvalue weighted by Crippen LogP contribution is 2.31. The zero-order valence-corrected chi connectivity index (χ0v) is 14.1. The van der Waals surface area contributed by atoms with E-state index in [0.29, 0.717) is 22.0 Å². The Kier molecular flexibility index (Phi) is 5.15. The molecule has 1 N–H and O–H groups in total. The lowest BCUT2D eigenvalue weighted by atomic mass is 10.2. The maximum absolute atomic E-state index is 12.2. The molecular weight excluding hydrogens is 356 g/mol. The van der Waals surface area contributed by atoms with Crippen LogP contribution in [0.15, 0.2) is 72.8 Å². The monoisotopic (exact) mass is 368 g/mol. The number of nitro groups is 1. The van der Waals surface area contributed by atoms with Crippen LogP contribution in [0.2, 0.25) is 5.02 Å². The first kappa shape index (κ1) is 17.4.